The number of halogens is 3. The van der Waals surface area contributed by atoms with Crippen molar-refractivity contribution in [1.82, 2.24) is 8.61 Å². The van der Waals surface area contributed by atoms with Crippen LogP contribution in [-0.2, 0) is 39.1 Å². The second-order valence-electron chi connectivity index (χ2n) is 14.4. The topological polar surface area (TPSA) is 140 Å². The Morgan fingerprint density at radius 2 is 1.25 bits per heavy atom. The Labute approximate surface area is 333 Å². The van der Waals surface area contributed by atoms with Crippen molar-refractivity contribution in [2.75, 3.05) is 57.9 Å². The molecular formula is C40H50F3N3O9S2. The fraction of sp³-hybridized carbons (Fsp3) is 0.500. The highest BCUT2D eigenvalue weighted by Crippen LogP contribution is 2.44. The molecule has 3 aliphatic heterocycles. The second kappa shape index (κ2) is 18.7. The van der Waals surface area contributed by atoms with Crippen molar-refractivity contribution >= 4 is 37.6 Å². The highest BCUT2D eigenvalue weighted by Gasteiger charge is 2.48. The first-order chi connectivity index (χ1) is 27.1. The molecule has 0 aliphatic carbocycles. The molecule has 1 spiro atoms. The van der Waals surface area contributed by atoms with Crippen molar-refractivity contribution in [3.05, 3.63) is 84.9 Å². The van der Waals surface area contributed by atoms with Crippen LogP contribution in [0.15, 0.2) is 94.7 Å². The van der Waals surface area contributed by atoms with Crippen LogP contribution >= 0.6 is 0 Å². The molecule has 3 aromatic carbocycles. The second-order valence-corrected chi connectivity index (χ2v) is 18.3. The van der Waals surface area contributed by atoms with Crippen LogP contribution in [0, 0.1) is 10.8 Å². The normalized spacial score (nSPS) is 19.0. The van der Waals surface area contributed by atoms with E-state index in [1.165, 1.54) is 32.9 Å². The Balaban J connectivity index is 0.000000225. The molecular weight excluding hydrogens is 788 g/mol. The summed E-state index contributed by atoms with van der Waals surface area (Å²) in [7, 11) is -5.51. The maximum absolute atomic E-state index is 13.4. The highest BCUT2D eigenvalue weighted by molar-refractivity contribution is 7.89. The van der Waals surface area contributed by atoms with Gasteiger partial charge in [-0.25, -0.2) is 16.8 Å². The van der Waals surface area contributed by atoms with Crippen molar-refractivity contribution in [3.63, 3.8) is 0 Å². The van der Waals surface area contributed by atoms with Crippen LogP contribution < -0.4 is 9.64 Å². The Morgan fingerprint density at radius 1 is 0.737 bits per heavy atom. The molecule has 3 heterocycles. The number of nitrogens with zero attached hydrogens (tertiary/aromatic N) is 3. The molecule has 0 aromatic heterocycles. The first-order valence-corrected chi connectivity index (χ1v) is 21.9. The smallest absolute Gasteiger partial charge is 0.466 e. The summed E-state index contributed by atoms with van der Waals surface area (Å²) in [5, 5.41) is 0. The maximum atomic E-state index is 13.4. The van der Waals surface area contributed by atoms with Crippen LogP contribution in [-0.4, -0.2) is 96.7 Å². The fourth-order valence-corrected chi connectivity index (χ4v) is 10.7. The number of alkyl halides is 3. The molecule has 6 rings (SSSR count). The molecule has 0 N–H and O–H groups in total. The molecule has 0 saturated carbocycles. The molecule has 17 heteroatoms. The Bertz CT molecular complexity index is 2000. The van der Waals surface area contributed by atoms with E-state index in [4.69, 9.17) is 9.47 Å². The number of ether oxygens (including phenoxy) is 3. The lowest BCUT2D eigenvalue weighted by Gasteiger charge is -2.46. The van der Waals surface area contributed by atoms with E-state index in [0.717, 1.165) is 12.8 Å². The number of rotatable bonds is 12. The van der Waals surface area contributed by atoms with Crippen LogP contribution in [0.1, 0.15) is 58.3 Å². The van der Waals surface area contributed by atoms with Crippen molar-refractivity contribution in [2.45, 2.75) is 74.4 Å². The molecule has 0 bridgehead atoms. The summed E-state index contributed by atoms with van der Waals surface area (Å²) in [6, 6.07) is 21.9. The number of benzene rings is 3. The molecule has 3 saturated heterocycles. The number of esters is 1. The third-order valence-electron chi connectivity index (χ3n) is 11.0. The van der Waals surface area contributed by atoms with Crippen LogP contribution in [0.3, 0.4) is 0 Å². The van der Waals surface area contributed by atoms with Crippen molar-refractivity contribution in [1.29, 1.82) is 0 Å². The molecule has 3 aliphatic rings. The minimum absolute atomic E-state index is 0.106. The van der Waals surface area contributed by atoms with E-state index in [0.29, 0.717) is 77.1 Å². The molecule has 3 aromatic rings. The molecule has 12 nitrogen and oxygen atoms in total. The summed E-state index contributed by atoms with van der Waals surface area (Å²) in [6.45, 7) is 4.29. The van der Waals surface area contributed by atoms with Gasteiger partial charge in [0, 0.05) is 52.1 Å². The number of hydrogen-bond acceptors (Lipinski definition) is 9. The van der Waals surface area contributed by atoms with Crippen LogP contribution in [0.25, 0.3) is 0 Å². The predicted molar refractivity (Wildman–Crippen MR) is 206 cm³/mol. The summed E-state index contributed by atoms with van der Waals surface area (Å²) < 4.78 is 106. The number of anilines is 1. The Hall–Kier alpha value is -4.03. The fourth-order valence-electron chi connectivity index (χ4n) is 7.80. The number of piperidine rings is 3. The first-order valence-electron chi connectivity index (χ1n) is 19.0. The van der Waals surface area contributed by atoms with E-state index in [9.17, 15) is 39.6 Å². The lowest BCUT2D eigenvalue weighted by atomic mass is 9.72. The number of methoxy groups -OCH3 is 1. The van der Waals surface area contributed by atoms with Crippen LogP contribution in [0.2, 0.25) is 0 Å². The third kappa shape index (κ3) is 10.5. The number of sulfonamides is 2. The van der Waals surface area contributed by atoms with Gasteiger partial charge in [-0.2, -0.15) is 8.61 Å². The summed E-state index contributed by atoms with van der Waals surface area (Å²) in [5.74, 6) is -0.673. The standard InChI is InChI=1S/C22H23F3N2O4S.C18H27NO5S/c23-22(24,25)31-18-9-7-17(8-10-18)27-14-4-11-21(20(27)28)12-15-26(16-13-21)32(29,30)19-5-2-1-3-6-19;1-3-24-17(20)18(10-7-15-23-2)11-13-19(14-12-18)25(21,22)16-8-5-4-6-9-16/h1-3,5-10H,4,11-16H2;4-6,8-9H,3,7,10-15H2,1-2H3. The largest absolute Gasteiger partial charge is 0.573 e. The molecule has 0 radical (unpaired) electrons. The molecule has 0 atom stereocenters. The highest BCUT2D eigenvalue weighted by atomic mass is 32.2. The van der Waals surface area contributed by atoms with E-state index in [-0.39, 0.29) is 40.5 Å². The van der Waals surface area contributed by atoms with E-state index in [1.807, 2.05) is 0 Å². The summed E-state index contributed by atoms with van der Waals surface area (Å²) >= 11 is 0. The lowest BCUT2D eigenvalue weighted by Crippen LogP contribution is -2.54. The SMILES string of the molecule is CCOC(=O)C1(CCCOC)CCN(S(=O)(=O)c2ccccc2)CC1.O=C1N(c2ccc(OC(F)(F)F)cc2)CCCC12CCN(S(=O)(=O)c1ccccc1)CC2. The number of carbonyl (C=O) groups is 2. The van der Waals surface area contributed by atoms with Gasteiger partial charge in [-0.05, 0) is 107 Å². The molecule has 0 unspecified atom stereocenters. The Morgan fingerprint density at radius 3 is 1.72 bits per heavy atom. The zero-order chi connectivity index (χ0) is 41.3. The van der Waals surface area contributed by atoms with Crippen molar-refractivity contribution in [2.24, 2.45) is 10.8 Å². The zero-order valence-corrected chi connectivity index (χ0v) is 33.8. The van der Waals surface area contributed by atoms with Gasteiger partial charge in [0.05, 0.1) is 27.2 Å². The van der Waals surface area contributed by atoms with Gasteiger partial charge in [-0.15, -0.1) is 13.2 Å². The number of carbonyl (C=O) groups excluding carboxylic acids is 2. The molecule has 312 valence electrons. The van der Waals surface area contributed by atoms with Crippen LogP contribution in [0.5, 0.6) is 5.75 Å². The van der Waals surface area contributed by atoms with Crippen molar-refractivity contribution in [3.8, 4) is 5.75 Å². The predicted octanol–water partition coefficient (Wildman–Crippen LogP) is 6.63. The number of amides is 1. The average molecular weight is 838 g/mol. The van der Waals surface area contributed by atoms with E-state index < -0.39 is 37.2 Å². The van der Waals surface area contributed by atoms with Gasteiger partial charge >= 0.3 is 12.3 Å². The minimum atomic E-state index is -4.78. The van der Waals surface area contributed by atoms with Gasteiger partial charge < -0.3 is 19.1 Å². The third-order valence-corrected chi connectivity index (χ3v) is 14.8. The van der Waals surface area contributed by atoms with Gasteiger partial charge in [0.15, 0.2) is 0 Å². The van der Waals surface area contributed by atoms with Gasteiger partial charge in [0.25, 0.3) is 0 Å². The van der Waals surface area contributed by atoms with E-state index in [2.05, 4.69) is 4.74 Å². The summed E-state index contributed by atoms with van der Waals surface area (Å²) in [4.78, 5) is 28.0. The summed E-state index contributed by atoms with van der Waals surface area (Å²) in [5.41, 5.74) is -0.776. The summed E-state index contributed by atoms with van der Waals surface area (Å²) in [6.07, 6.45) is -0.217. The van der Waals surface area contributed by atoms with Gasteiger partial charge in [-0.1, -0.05) is 36.4 Å². The molecule has 57 heavy (non-hydrogen) atoms. The average Bonchev–Trinajstić information content (AvgIpc) is 3.20. The zero-order valence-electron chi connectivity index (χ0n) is 32.2. The molecule has 1 amide bonds. The quantitative estimate of drug-likeness (QED) is 0.145. The lowest BCUT2D eigenvalue weighted by molar-refractivity contribution is -0.274. The van der Waals surface area contributed by atoms with Gasteiger partial charge in [0.1, 0.15) is 5.75 Å². The van der Waals surface area contributed by atoms with Crippen molar-refractivity contribution < 1.29 is 53.8 Å². The van der Waals surface area contributed by atoms with Crippen LogP contribution in [0.4, 0.5) is 18.9 Å². The number of hydrogen-bond donors (Lipinski definition) is 0. The monoisotopic (exact) mass is 837 g/mol. The van der Waals surface area contributed by atoms with Gasteiger partial charge in [-0.3, -0.25) is 9.59 Å². The minimum Gasteiger partial charge on any atom is -0.466 e. The maximum Gasteiger partial charge on any atom is 0.573 e. The van der Waals surface area contributed by atoms with E-state index in [1.54, 1.807) is 79.6 Å². The first kappa shape index (κ1) is 44.1. The van der Waals surface area contributed by atoms with E-state index >= 15 is 0 Å². The molecule has 3 fully saturated rings. The Kier molecular flexibility index (Phi) is 14.5. The van der Waals surface area contributed by atoms with Gasteiger partial charge in [0.2, 0.25) is 26.0 Å².